The highest BCUT2D eigenvalue weighted by atomic mass is 32.1. The van der Waals surface area contributed by atoms with Gasteiger partial charge in [0.25, 0.3) is 0 Å². The number of nitrogens with one attached hydrogen (secondary N) is 1. The van der Waals surface area contributed by atoms with Crippen LogP contribution in [0.2, 0.25) is 0 Å². The normalized spacial score (nSPS) is 13.4. The van der Waals surface area contributed by atoms with E-state index in [9.17, 15) is 4.79 Å². The van der Waals surface area contributed by atoms with E-state index in [-0.39, 0.29) is 6.03 Å². The Kier molecular flexibility index (Phi) is 4.24. The van der Waals surface area contributed by atoms with Crippen molar-refractivity contribution in [2.24, 2.45) is 0 Å². The first-order valence-corrected chi connectivity index (χ1v) is 9.17. The molecule has 1 aliphatic heterocycles. The van der Waals surface area contributed by atoms with Crippen molar-refractivity contribution in [3.63, 3.8) is 0 Å². The molecule has 0 saturated heterocycles. The van der Waals surface area contributed by atoms with Gasteiger partial charge in [-0.2, -0.15) is 0 Å². The average Bonchev–Trinajstić information content (AvgIpc) is 3.06. The lowest BCUT2D eigenvalue weighted by Crippen LogP contribution is -2.38. The maximum Gasteiger partial charge on any atom is 0.322 e. The van der Waals surface area contributed by atoms with E-state index in [0.29, 0.717) is 13.1 Å². The number of urea groups is 1. The van der Waals surface area contributed by atoms with Crippen molar-refractivity contribution in [3.8, 4) is 10.6 Å². The third kappa shape index (κ3) is 3.42. The van der Waals surface area contributed by atoms with Crippen LogP contribution in [0, 0.1) is 6.92 Å². The number of carbonyl (C=O) groups excluding carboxylic acids is 1. The topological polar surface area (TPSA) is 45.2 Å². The molecule has 5 heteroatoms. The standard InChI is InChI=1S/C20H19N3OS/c1-14-6-5-9-16(12-14)21-20(24)23-11-10-17-18(13-23)25-19(22-17)15-7-3-2-4-8-15/h2-9,12H,10-11,13H2,1H3,(H,21,24). The summed E-state index contributed by atoms with van der Waals surface area (Å²) >= 11 is 1.69. The molecule has 1 N–H and O–H groups in total. The molecule has 2 aromatic carbocycles. The van der Waals surface area contributed by atoms with Crippen molar-refractivity contribution >= 4 is 23.1 Å². The van der Waals surface area contributed by atoms with E-state index < -0.39 is 0 Å². The minimum atomic E-state index is -0.0501. The minimum absolute atomic E-state index is 0.0501. The van der Waals surface area contributed by atoms with Gasteiger partial charge >= 0.3 is 6.03 Å². The summed E-state index contributed by atoms with van der Waals surface area (Å²) in [6, 6.07) is 18.0. The Morgan fingerprint density at radius 1 is 1.16 bits per heavy atom. The van der Waals surface area contributed by atoms with E-state index in [0.717, 1.165) is 33.9 Å². The van der Waals surface area contributed by atoms with Crippen molar-refractivity contribution in [2.75, 3.05) is 11.9 Å². The Hall–Kier alpha value is -2.66. The number of thiazole rings is 1. The Morgan fingerprint density at radius 3 is 2.80 bits per heavy atom. The third-order valence-electron chi connectivity index (χ3n) is 4.31. The minimum Gasteiger partial charge on any atom is -0.319 e. The lowest BCUT2D eigenvalue weighted by atomic mass is 10.2. The maximum atomic E-state index is 12.6. The third-order valence-corrected chi connectivity index (χ3v) is 5.44. The van der Waals surface area contributed by atoms with Gasteiger partial charge in [-0.15, -0.1) is 11.3 Å². The van der Waals surface area contributed by atoms with Gasteiger partial charge in [0.2, 0.25) is 0 Å². The highest BCUT2D eigenvalue weighted by Crippen LogP contribution is 2.31. The number of carbonyl (C=O) groups is 1. The van der Waals surface area contributed by atoms with Crippen molar-refractivity contribution in [1.82, 2.24) is 9.88 Å². The number of aromatic nitrogens is 1. The summed E-state index contributed by atoms with van der Waals surface area (Å²) in [5.74, 6) is 0. The van der Waals surface area contributed by atoms with Crippen LogP contribution in [-0.2, 0) is 13.0 Å². The molecule has 0 bridgehead atoms. The van der Waals surface area contributed by atoms with Gasteiger partial charge in [0.15, 0.2) is 0 Å². The molecular weight excluding hydrogens is 330 g/mol. The molecule has 25 heavy (non-hydrogen) atoms. The molecular formula is C20H19N3OS. The van der Waals surface area contributed by atoms with Crippen molar-refractivity contribution < 1.29 is 4.79 Å². The molecule has 0 atom stereocenters. The van der Waals surface area contributed by atoms with Crippen molar-refractivity contribution in [3.05, 3.63) is 70.7 Å². The fourth-order valence-corrected chi connectivity index (χ4v) is 4.13. The first-order chi connectivity index (χ1) is 12.2. The number of fused-ring (bicyclic) bond motifs is 1. The van der Waals surface area contributed by atoms with Crippen molar-refractivity contribution in [1.29, 1.82) is 0 Å². The molecule has 0 aliphatic carbocycles. The largest absolute Gasteiger partial charge is 0.322 e. The highest BCUT2D eigenvalue weighted by molar-refractivity contribution is 7.15. The van der Waals surface area contributed by atoms with Crippen LogP contribution in [0.3, 0.4) is 0 Å². The van der Waals surface area contributed by atoms with E-state index >= 15 is 0 Å². The Balaban J connectivity index is 1.49. The second kappa shape index (κ2) is 6.69. The number of nitrogens with zero attached hydrogens (tertiary/aromatic N) is 2. The van der Waals surface area contributed by atoms with Crippen LogP contribution in [0.1, 0.15) is 16.1 Å². The number of rotatable bonds is 2. The number of aryl methyl sites for hydroxylation is 1. The van der Waals surface area contributed by atoms with E-state index in [1.807, 2.05) is 54.3 Å². The van der Waals surface area contributed by atoms with Gasteiger partial charge < -0.3 is 10.2 Å². The highest BCUT2D eigenvalue weighted by Gasteiger charge is 2.24. The molecule has 2 amide bonds. The summed E-state index contributed by atoms with van der Waals surface area (Å²) in [5, 5.41) is 4.03. The van der Waals surface area contributed by atoms with Crippen LogP contribution >= 0.6 is 11.3 Å². The number of benzene rings is 2. The maximum absolute atomic E-state index is 12.6. The van der Waals surface area contributed by atoms with Gasteiger partial charge in [0, 0.05) is 29.1 Å². The SMILES string of the molecule is Cc1cccc(NC(=O)N2CCc3nc(-c4ccccc4)sc3C2)c1. The van der Waals surface area contributed by atoms with Gasteiger partial charge in [-0.3, -0.25) is 0 Å². The van der Waals surface area contributed by atoms with Crippen molar-refractivity contribution in [2.45, 2.75) is 19.9 Å². The molecule has 2 heterocycles. The zero-order valence-electron chi connectivity index (χ0n) is 14.0. The van der Waals surface area contributed by atoms with Gasteiger partial charge in [-0.25, -0.2) is 9.78 Å². The molecule has 0 saturated carbocycles. The number of amides is 2. The fraction of sp³-hybridized carbons (Fsp3) is 0.200. The zero-order valence-corrected chi connectivity index (χ0v) is 14.8. The Labute approximate surface area is 151 Å². The zero-order chi connectivity index (χ0) is 17.2. The predicted octanol–water partition coefficient (Wildman–Crippen LogP) is 4.71. The summed E-state index contributed by atoms with van der Waals surface area (Å²) in [6.45, 7) is 3.34. The van der Waals surface area contributed by atoms with E-state index in [2.05, 4.69) is 17.4 Å². The van der Waals surface area contributed by atoms with Gasteiger partial charge in [-0.1, -0.05) is 42.5 Å². The van der Waals surface area contributed by atoms with E-state index in [1.54, 1.807) is 11.3 Å². The van der Waals surface area contributed by atoms with Crippen LogP contribution < -0.4 is 5.32 Å². The number of hydrogen-bond donors (Lipinski definition) is 1. The van der Waals surface area contributed by atoms with Crippen LogP contribution in [0.25, 0.3) is 10.6 Å². The van der Waals surface area contributed by atoms with Gasteiger partial charge in [-0.05, 0) is 24.6 Å². The first kappa shape index (κ1) is 15.8. The molecule has 1 aromatic heterocycles. The Bertz CT molecular complexity index is 904. The fourth-order valence-electron chi connectivity index (χ4n) is 3.00. The summed E-state index contributed by atoms with van der Waals surface area (Å²) in [6.07, 6.45) is 0.805. The number of anilines is 1. The quantitative estimate of drug-likeness (QED) is 0.728. The summed E-state index contributed by atoms with van der Waals surface area (Å²) in [5.41, 5.74) is 4.24. The Morgan fingerprint density at radius 2 is 2.00 bits per heavy atom. The summed E-state index contributed by atoms with van der Waals surface area (Å²) in [7, 11) is 0. The van der Waals surface area contributed by atoms with Crippen LogP contribution in [0.4, 0.5) is 10.5 Å². The van der Waals surface area contributed by atoms with E-state index in [1.165, 1.54) is 4.88 Å². The molecule has 0 unspecified atom stereocenters. The van der Waals surface area contributed by atoms with Gasteiger partial charge in [0.05, 0.1) is 12.2 Å². The molecule has 0 fully saturated rings. The molecule has 4 nitrogen and oxygen atoms in total. The van der Waals surface area contributed by atoms with Crippen LogP contribution in [0.15, 0.2) is 54.6 Å². The molecule has 0 spiro atoms. The van der Waals surface area contributed by atoms with Gasteiger partial charge in [0.1, 0.15) is 5.01 Å². The summed E-state index contributed by atoms with van der Waals surface area (Å²) in [4.78, 5) is 20.4. The molecule has 3 aromatic rings. The molecule has 126 valence electrons. The average molecular weight is 349 g/mol. The molecule has 1 aliphatic rings. The molecule has 4 rings (SSSR count). The molecule has 0 radical (unpaired) electrons. The second-order valence-corrected chi connectivity index (χ2v) is 7.31. The summed E-state index contributed by atoms with van der Waals surface area (Å²) < 4.78 is 0. The predicted molar refractivity (Wildman–Crippen MR) is 102 cm³/mol. The second-order valence-electron chi connectivity index (χ2n) is 6.23. The first-order valence-electron chi connectivity index (χ1n) is 8.35. The lowest BCUT2D eigenvalue weighted by Gasteiger charge is -2.26. The smallest absolute Gasteiger partial charge is 0.319 e. The van der Waals surface area contributed by atoms with E-state index in [4.69, 9.17) is 4.98 Å². The monoisotopic (exact) mass is 349 g/mol. The van der Waals surface area contributed by atoms with Crippen LogP contribution in [-0.4, -0.2) is 22.5 Å². The van der Waals surface area contributed by atoms with Crippen LogP contribution in [0.5, 0.6) is 0 Å². The lowest BCUT2D eigenvalue weighted by molar-refractivity contribution is 0.207. The number of hydrogen-bond acceptors (Lipinski definition) is 3.